The molecule has 0 spiro atoms. The number of carbonyl (C=O) groups excluding carboxylic acids is 1. The highest BCUT2D eigenvalue weighted by Gasteiger charge is 2.12. The number of aliphatic hydroxyl groups excluding tert-OH is 1. The Bertz CT molecular complexity index is 686. The number of rotatable bonds is 7. The molecule has 0 aliphatic heterocycles. The van der Waals surface area contributed by atoms with Crippen LogP contribution in [0.3, 0.4) is 0 Å². The molecule has 2 aromatic rings. The van der Waals surface area contributed by atoms with E-state index in [1.54, 1.807) is 7.05 Å². The van der Waals surface area contributed by atoms with Gasteiger partial charge < -0.3 is 20.1 Å². The first kappa shape index (κ1) is 18.8. The van der Waals surface area contributed by atoms with Crippen molar-refractivity contribution >= 4 is 6.03 Å². The van der Waals surface area contributed by atoms with E-state index in [0.29, 0.717) is 13.2 Å². The second kappa shape index (κ2) is 9.08. The van der Waals surface area contributed by atoms with E-state index in [0.717, 1.165) is 16.9 Å². The number of aryl methyl sites for hydroxylation is 1. The predicted octanol–water partition coefficient (Wildman–Crippen LogP) is 3.27. The molecule has 0 saturated carbocycles. The Labute approximate surface area is 149 Å². The molecule has 134 valence electrons. The van der Waals surface area contributed by atoms with Crippen LogP contribution in [-0.4, -0.2) is 36.2 Å². The number of hydrogen-bond donors (Lipinski definition) is 2. The molecular formula is C20H26N2O3. The van der Waals surface area contributed by atoms with Crippen LogP contribution in [0.1, 0.15) is 29.7 Å². The van der Waals surface area contributed by atoms with E-state index in [-0.39, 0.29) is 18.7 Å². The van der Waals surface area contributed by atoms with Crippen molar-refractivity contribution in [1.82, 2.24) is 10.2 Å². The Morgan fingerprint density at radius 3 is 2.60 bits per heavy atom. The summed E-state index contributed by atoms with van der Waals surface area (Å²) < 4.78 is 5.81. The minimum absolute atomic E-state index is 0.0503. The van der Waals surface area contributed by atoms with Crippen LogP contribution < -0.4 is 10.1 Å². The van der Waals surface area contributed by atoms with Gasteiger partial charge in [-0.3, -0.25) is 0 Å². The summed E-state index contributed by atoms with van der Waals surface area (Å²) in [5, 5.41) is 11.8. The van der Waals surface area contributed by atoms with Gasteiger partial charge in [-0.25, -0.2) is 4.79 Å². The number of nitrogens with one attached hydrogen (secondary N) is 1. The van der Waals surface area contributed by atoms with Crippen molar-refractivity contribution in [3.8, 4) is 5.75 Å². The Morgan fingerprint density at radius 2 is 1.96 bits per heavy atom. The lowest BCUT2D eigenvalue weighted by molar-refractivity contribution is 0.188. The summed E-state index contributed by atoms with van der Waals surface area (Å²) >= 11 is 0. The molecule has 0 saturated heterocycles. The second-order valence-corrected chi connectivity index (χ2v) is 6.16. The average molecular weight is 342 g/mol. The van der Waals surface area contributed by atoms with Gasteiger partial charge in [0.05, 0.1) is 12.6 Å². The van der Waals surface area contributed by atoms with Crippen LogP contribution in [0.4, 0.5) is 4.79 Å². The zero-order chi connectivity index (χ0) is 18.2. The Morgan fingerprint density at radius 1 is 1.24 bits per heavy atom. The first-order valence-electron chi connectivity index (χ1n) is 8.40. The first-order valence-corrected chi connectivity index (χ1v) is 8.40. The molecule has 0 heterocycles. The summed E-state index contributed by atoms with van der Waals surface area (Å²) in [6.45, 7) is 4.77. The fourth-order valence-corrected chi connectivity index (χ4v) is 2.45. The van der Waals surface area contributed by atoms with Gasteiger partial charge in [0, 0.05) is 13.6 Å². The molecule has 0 fully saturated rings. The molecule has 2 aromatic carbocycles. The molecule has 2 rings (SSSR count). The van der Waals surface area contributed by atoms with Crippen LogP contribution >= 0.6 is 0 Å². The van der Waals surface area contributed by atoms with E-state index in [1.165, 1.54) is 10.5 Å². The van der Waals surface area contributed by atoms with Crippen molar-refractivity contribution in [1.29, 1.82) is 0 Å². The van der Waals surface area contributed by atoms with E-state index < -0.39 is 0 Å². The summed E-state index contributed by atoms with van der Waals surface area (Å²) in [6.07, 6.45) is 0. The zero-order valence-corrected chi connectivity index (χ0v) is 15.0. The highest BCUT2D eigenvalue weighted by Crippen LogP contribution is 2.19. The summed E-state index contributed by atoms with van der Waals surface area (Å²) in [7, 11) is 1.65. The van der Waals surface area contributed by atoms with Crippen LogP contribution in [0.5, 0.6) is 5.75 Å². The minimum Gasteiger partial charge on any atom is -0.489 e. The molecule has 0 bridgehead atoms. The number of hydrogen-bond acceptors (Lipinski definition) is 3. The smallest absolute Gasteiger partial charge is 0.317 e. The van der Waals surface area contributed by atoms with Crippen LogP contribution in [-0.2, 0) is 6.61 Å². The summed E-state index contributed by atoms with van der Waals surface area (Å²) in [6, 6.07) is 15.6. The van der Waals surface area contributed by atoms with Crippen molar-refractivity contribution in [3.63, 3.8) is 0 Å². The molecule has 0 aliphatic rings. The van der Waals surface area contributed by atoms with Gasteiger partial charge in [0.2, 0.25) is 0 Å². The van der Waals surface area contributed by atoms with E-state index in [1.807, 2.05) is 43.3 Å². The van der Waals surface area contributed by atoms with Crippen LogP contribution in [0.25, 0.3) is 0 Å². The first-order chi connectivity index (χ1) is 12.0. The molecule has 25 heavy (non-hydrogen) atoms. The minimum atomic E-state index is -0.207. The SMILES string of the molecule is Cc1cccc(COc2ccc(C(C)NC(=O)N(C)CCO)cc2)c1. The van der Waals surface area contributed by atoms with Crippen molar-refractivity contribution in [2.45, 2.75) is 26.5 Å². The number of ether oxygens (including phenoxy) is 1. The van der Waals surface area contributed by atoms with Gasteiger partial charge >= 0.3 is 6.03 Å². The topological polar surface area (TPSA) is 61.8 Å². The highest BCUT2D eigenvalue weighted by molar-refractivity contribution is 5.74. The van der Waals surface area contributed by atoms with Crippen molar-refractivity contribution in [3.05, 3.63) is 65.2 Å². The number of carbonyl (C=O) groups is 1. The molecule has 5 heteroatoms. The third-order valence-corrected chi connectivity index (χ3v) is 3.99. The molecule has 0 aliphatic carbocycles. The van der Waals surface area contributed by atoms with E-state index in [9.17, 15) is 4.79 Å². The standard InChI is InChI=1S/C20H26N2O3/c1-15-5-4-6-17(13-15)14-25-19-9-7-18(8-10-19)16(2)21-20(24)22(3)11-12-23/h4-10,13,16,23H,11-12,14H2,1-3H3,(H,21,24). The van der Waals surface area contributed by atoms with E-state index in [2.05, 4.69) is 24.4 Å². The Hall–Kier alpha value is -2.53. The largest absolute Gasteiger partial charge is 0.489 e. The molecule has 5 nitrogen and oxygen atoms in total. The highest BCUT2D eigenvalue weighted by atomic mass is 16.5. The maximum absolute atomic E-state index is 11.9. The van der Waals surface area contributed by atoms with Gasteiger partial charge in [0.25, 0.3) is 0 Å². The van der Waals surface area contributed by atoms with Gasteiger partial charge in [-0.1, -0.05) is 42.0 Å². The fourth-order valence-electron chi connectivity index (χ4n) is 2.45. The van der Waals surface area contributed by atoms with Gasteiger partial charge in [-0.15, -0.1) is 0 Å². The molecule has 1 unspecified atom stereocenters. The van der Waals surface area contributed by atoms with Crippen LogP contribution in [0.2, 0.25) is 0 Å². The zero-order valence-electron chi connectivity index (χ0n) is 15.0. The fraction of sp³-hybridized carbons (Fsp3) is 0.350. The van der Waals surface area contributed by atoms with Gasteiger partial charge in [-0.05, 0) is 37.1 Å². The maximum Gasteiger partial charge on any atom is 0.317 e. The van der Waals surface area contributed by atoms with Gasteiger partial charge in [-0.2, -0.15) is 0 Å². The molecule has 1 atom stereocenters. The number of nitrogens with zero attached hydrogens (tertiary/aromatic N) is 1. The number of likely N-dealkylation sites (N-methyl/N-ethyl adjacent to an activating group) is 1. The van der Waals surface area contributed by atoms with Crippen molar-refractivity contribution in [2.75, 3.05) is 20.2 Å². The molecule has 0 aromatic heterocycles. The Kier molecular flexibility index (Phi) is 6.83. The van der Waals surface area contributed by atoms with Gasteiger partial charge in [0.1, 0.15) is 12.4 Å². The normalized spacial score (nSPS) is 11.7. The lowest BCUT2D eigenvalue weighted by Crippen LogP contribution is -2.39. The number of aliphatic hydroxyl groups is 1. The lowest BCUT2D eigenvalue weighted by Gasteiger charge is -2.21. The van der Waals surface area contributed by atoms with E-state index in [4.69, 9.17) is 9.84 Å². The lowest BCUT2D eigenvalue weighted by atomic mass is 10.1. The van der Waals surface area contributed by atoms with Crippen LogP contribution in [0.15, 0.2) is 48.5 Å². The predicted molar refractivity (Wildman–Crippen MR) is 98.6 cm³/mol. The third kappa shape index (κ3) is 5.80. The third-order valence-electron chi connectivity index (χ3n) is 3.99. The molecule has 2 amide bonds. The summed E-state index contributed by atoms with van der Waals surface area (Å²) in [5.41, 5.74) is 3.34. The summed E-state index contributed by atoms with van der Waals surface area (Å²) in [4.78, 5) is 13.4. The molecular weight excluding hydrogens is 316 g/mol. The van der Waals surface area contributed by atoms with Gasteiger partial charge in [0.15, 0.2) is 0 Å². The average Bonchev–Trinajstić information content (AvgIpc) is 2.60. The Balaban J connectivity index is 1.89. The van der Waals surface area contributed by atoms with Crippen molar-refractivity contribution < 1.29 is 14.6 Å². The summed E-state index contributed by atoms with van der Waals surface area (Å²) in [5.74, 6) is 0.793. The maximum atomic E-state index is 11.9. The molecule has 0 radical (unpaired) electrons. The van der Waals surface area contributed by atoms with Crippen molar-refractivity contribution in [2.24, 2.45) is 0 Å². The number of amides is 2. The monoisotopic (exact) mass is 342 g/mol. The van der Waals surface area contributed by atoms with E-state index >= 15 is 0 Å². The second-order valence-electron chi connectivity index (χ2n) is 6.16. The van der Waals surface area contributed by atoms with Crippen LogP contribution in [0, 0.1) is 6.92 Å². The number of urea groups is 1. The number of benzene rings is 2. The molecule has 2 N–H and O–H groups in total. The quantitative estimate of drug-likeness (QED) is 0.812.